The third kappa shape index (κ3) is 10.5. The van der Waals surface area contributed by atoms with Crippen molar-refractivity contribution in [3.05, 3.63) is 12.7 Å². The van der Waals surface area contributed by atoms with Gasteiger partial charge in [0.05, 0.1) is 6.61 Å². The molecule has 1 saturated heterocycles. The number of hydrogen-bond donors (Lipinski definition) is 0. The van der Waals surface area contributed by atoms with E-state index in [1.807, 2.05) is 0 Å². The van der Waals surface area contributed by atoms with Gasteiger partial charge in [-0.3, -0.25) is 0 Å². The Labute approximate surface area is 107 Å². The Kier molecular flexibility index (Phi) is 27.2. The molecule has 0 bridgehead atoms. The second-order valence-corrected chi connectivity index (χ2v) is 2.42. The molecular weight excluding hydrogens is 283 g/mol. The van der Waals surface area contributed by atoms with Gasteiger partial charge in [-0.25, -0.2) is 0 Å². The normalized spacial score (nSPS) is 18.7. The maximum atomic E-state index is 5.31. The summed E-state index contributed by atoms with van der Waals surface area (Å²) < 4.78 is 10.6. The first-order valence-corrected chi connectivity index (χ1v) is 3.77. The molecule has 2 nitrogen and oxygen atoms in total. The standard InChI is InChI=1S/C8H14O2.3CH4.Sn/c1-2-6-9-8-5-3-4-7-10-8;;;;/h2,8H,1,3-7H2;3*1H4;. The van der Waals surface area contributed by atoms with E-state index in [-0.39, 0.29) is 52.5 Å². The fourth-order valence-electron chi connectivity index (χ4n) is 1.02. The Bertz CT molecular complexity index is 101. The first-order valence-electron chi connectivity index (χ1n) is 3.77. The molecule has 1 aliphatic rings. The van der Waals surface area contributed by atoms with Crippen LogP contribution < -0.4 is 0 Å². The van der Waals surface area contributed by atoms with E-state index in [1.165, 1.54) is 12.8 Å². The summed E-state index contributed by atoms with van der Waals surface area (Å²) in [5.74, 6) is 0. The molecule has 0 amide bonds. The number of rotatable bonds is 3. The Hall–Kier alpha value is 0.459. The Balaban J connectivity index is -0.000000125. The zero-order valence-corrected chi connectivity index (χ0v) is 9.57. The molecule has 1 rings (SSSR count). The average molecular weight is 309 g/mol. The van der Waals surface area contributed by atoms with Crippen molar-refractivity contribution in [1.29, 1.82) is 0 Å². The molecule has 1 heterocycles. The smallest absolute Gasteiger partial charge is 0.157 e. The molecule has 1 fully saturated rings. The molecule has 3 heteroatoms. The molecule has 4 radical (unpaired) electrons. The topological polar surface area (TPSA) is 18.5 Å². The van der Waals surface area contributed by atoms with Gasteiger partial charge >= 0.3 is 0 Å². The minimum Gasteiger partial charge on any atom is -0.353 e. The van der Waals surface area contributed by atoms with E-state index in [0.29, 0.717) is 6.61 Å². The van der Waals surface area contributed by atoms with Crippen LogP contribution in [-0.4, -0.2) is 43.4 Å². The van der Waals surface area contributed by atoms with Crippen LogP contribution in [0.15, 0.2) is 12.7 Å². The fourth-order valence-corrected chi connectivity index (χ4v) is 1.02. The first kappa shape index (κ1) is 23.9. The predicted octanol–water partition coefficient (Wildman–Crippen LogP) is 3.24. The fraction of sp³-hybridized carbons (Fsp3) is 0.818. The summed E-state index contributed by atoms with van der Waals surface area (Å²) in [4.78, 5) is 0. The molecular formula is C11H26O2Sn. The molecule has 0 saturated carbocycles. The number of hydrogen-bond acceptors (Lipinski definition) is 2. The summed E-state index contributed by atoms with van der Waals surface area (Å²) in [7, 11) is 0. The molecule has 0 spiro atoms. The molecule has 1 atom stereocenters. The predicted molar refractivity (Wildman–Crippen MR) is 65.7 cm³/mol. The van der Waals surface area contributed by atoms with Crippen LogP contribution in [0.3, 0.4) is 0 Å². The molecule has 0 aromatic rings. The van der Waals surface area contributed by atoms with Crippen molar-refractivity contribution in [3.63, 3.8) is 0 Å². The van der Waals surface area contributed by atoms with Crippen LogP contribution in [0.5, 0.6) is 0 Å². The third-order valence-electron chi connectivity index (χ3n) is 1.54. The summed E-state index contributed by atoms with van der Waals surface area (Å²) in [6, 6.07) is 0. The summed E-state index contributed by atoms with van der Waals surface area (Å²) in [5, 5.41) is 0. The molecule has 1 aliphatic heterocycles. The van der Waals surface area contributed by atoms with Crippen LogP contribution in [0, 0.1) is 0 Å². The number of ether oxygens (including phenoxy) is 2. The van der Waals surface area contributed by atoms with Gasteiger partial charge < -0.3 is 9.47 Å². The minimum absolute atomic E-state index is 0. The summed E-state index contributed by atoms with van der Waals surface area (Å²) >= 11 is 0. The second-order valence-electron chi connectivity index (χ2n) is 2.42. The first-order chi connectivity index (χ1) is 4.93. The van der Waals surface area contributed by atoms with E-state index in [1.54, 1.807) is 6.08 Å². The Morgan fingerprint density at radius 3 is 2.36 bits per heavy atom. The molecule has 0 aromatic heterocycles. The van der Waals surface area contributed by atoms with Gasteiger partial charge in [0.25, 0.3) is 0 Å². The van der Waals surface area contributed by atoms with Gasteiger partial charge in [0, 0.05) is 30.5 Å². The van der Waals surface area contributed by atoms with E-state index in [4.69, 9.17) is 9.47 Å². The summed E-state index contributed by atoms with van der Waals surface area (Å²) in [6.07, 6.45) is 5.22. The maximum Gasteiger partial charge on any atom is 0.157 e. The van der Waals surface area contributed by atoms with Crippen molar-refractivity contribution in [1.82, 2.24) is 0 Å². The van der Waals surface area contributed by atoms with Gasteiger partial charge in [-0.05, 0) is 19.3 Å². The van der Waals surface area contributed by atoms with Crippen LogP contribution in [-0.2, 0) is 9.47 Å². The van der Waals surface area contributed by atoms with Gasteiger partial charge in [-0.15, -0.1) is 6.58 Å². The molecule has 86 valence electrons. The van der Waals surface area contributed by atoms with Crippen molar-refractivity contribution < 1.29 is 9.47 Å². The quantitative estimate of drug-likeness (QED) is 0.588. The monoisotopic (exact) mass is 310 g/mol. The van der Waals surface area contributed by atoms with E-state index < -0.39 is 0 Å². The van der Waals surface area contributed by atoms with Crippen molar-refractivity contribution in [2.24, 2.45) is 0 Å². The molecule has 14 heavy (non-hydrogen) atoms. The van der Waals surface area contributed by atoms with Crippen LogP contribution in [0.25, 0.3) is 0 Å². The Morgan fingerprint density at radius 1 is 1.29 bits per heavy atom. The summed E-state index contributed by atoms with van der Waals surface area (Å²) in [5.41, 5.74) is 0. The van der Waals surface area contributed by atoms with Gasteiger partial charge in [-0.2, -0.15) is 0 Å². The van der Waals surface area contributed by atoms with Crippen LogP contribution in [0.2, 0.25) is 0 Å². The van der Waals surface area contributed by atoms with E-state index in [0.717, 1.165) is 13.0 Å². The van der Waals surface area contributed by atoms with Crippen LogP contribution in [0.4, 0.5) is 0 Å². The van der Waals surface area contributed by atoms with Crippen LogP contribution >= 0.6 is 0 Å². The minimum atomic E-state index is 0. The molecule has 1 unspecified atom stereocenters. The van der Waals surface area contributed by atoms with E-state index in [9.17, 15) is 0 Å². The van der Waals surface area contributed by atoms with Crippen molar-refractivity contribution in [2.45, 2.75) is 47.8 Å². The van der Waals surface area contributed by atoms with Crippen molar-refractivity contribution in [2.75, 3.05) is 13.2 Å². The van der Waals surface area contributed by atoms with Gasteiger partial charge in [0.1, 0.15) is 0 Å². The third-order valence-corrected chi connectivity index (χ3v) is 1.54. The Morgan fingerprint density at radius 2 is 1.93 bits per heavy atom. The molecule has 0 aliphatic carbocycles. The van der Waals surface area contributed by atoms with E-state index in [2.05, 4.69) is 6.58 Å². The average Bonchev–Trinajstić information content (AvgIpc) is 2.03. The van der Waals surface area contributed by atoms with E-state index >= 15 is 0 Å². The summed E-state index contributed by atoms with van der Waals surface area (Å²) in [6.45, 7) is 5.02. The molecule has 0 N–H and O–H groups in total. The SMILES string of the molecule is C.C.C.C=CCOC1CCCCO1.[Sn]. The van der Waals surface area contributed by atoms with Crippen molar-refractivity contribution >= 4 is 23.9 Å². The zero-order valence-electron chi connectivity index (χ0n) is 6.71. The maximum absolute atomic E-state index is 5.31. The van der Waals surface area contributed by atoms with Crippen LogP contribution in [0.1, 0.15) is 41.5 Å². The van der Waals surface area contributed by atoms with Gasteiger partial charge in [-0.1, -0.05) is 28.4 Å². The largest absolute Gasteiger partial charge is 0.353 e. The second kappa shape index (κ2) is 15.9. The van der Waals surface area contributed by atoms with Gasteiger partial charge in [0.2, 0.25) is 0 Å². The molecule has 0 aromatic carbocycles. The van der Waals surface area contributed by atoms with Crippen molar-refractivity contribution in [3.8, 4) is 0 Å². The zero-order chi connectivity index (χ0) is 7.23. The van der Waals surface area contributed by atoms with Gasteiger partial charge in [0.15, 0.2) is 6.29 Å².